The van der Waals surface area contributed by atoms with E-state index in [4.69, 9.17) is 14.2 Å². The minimum Gasteiger partial charge on any atom is -0.462 e. The summed E-state index contributed by atoms with van der Waals surface area (Å²) >= 11 is 0. The number of unbranched alkanes of at least 4 members (excludes halogenated alkanes) is 50. The molecule has 0 aliphatic carbocycles. The third-order valence-electron chi connectivity index (χ3n) is 16.0. The number of esters is 3. The highest BCUT2D eigenvalue weighted by Crippen LogP contribution is 2.19. The predicted molar refractivity (Wildman–Crippen MR) is 335 cm³/mol. The Labute approximate surface area is 481 Å². The number of rotatable bonds is 65. The summed E-state index contributed by atoms with van der Waals surface area (Å²) in [5, 5.41) is 0. The molecule has 0 heterocycles. The van der Waals surface area contributed by atoms with Crippen LogP contribution in [0.1, 0.15) is 393 Å². The van der Waals surface area contributed by atoms with E-state index in [-0.39, 0.29) is 31.1 Å². The number of hydrogen-bond acceptors (Lipinski definition) is 6. The zero-order valence-electron chi connectivity index (χ0n) is 52.3. The maximum atomic E-state index is 12.9. The van der Waals surface area contributed by atoms with Gasteiger partial charge in [0.2, 0.25) is 0 Å². The summed E-state index contributed by atoms with van der Waals surface area (Å²) in [6, 6.07) is 0. The average molecular weight is 1080 g/mol. The molecule has 454 valence electrons. The summed E-state index contributed by atoms with van der Waals surface area (Å²) in [5.74, 6) is -0.851. The van der Waals surface area contributed by atoms with Crippen molar-refractivity contribution in [1.29, 1.82) is 0 Å². The Bertz CT molecular complexity index is 1240. The van der Waals surface area contributed by atoms with Crippen LogP contribution in [0, 0.1) is 0 Å². The lowest BCUT2D eigenvalue weighted by Gasteiger charge is -2.18. The van der Waals surface area contributed by atoms with E-state index < -0.39 is 6.10 Å². The second-order valence-corrected chi connectivity index (χ2v) is 23.8. The van der Waals surface area contributed by atoms with E-state index in [0.29, 0.717) is 19.3 Å². The van der Waals surface area contributed by atoms with Crippen LogP contribution in [-0.2, 0) is 28.6 Å². The fourth-order valence-corrected chi connectivity index (χ4v) is 10.7. The Morgan fingerprint density at radius 1 is 0.260 bits per heavy atom. The van der Waals surface area contributed by atoms with Crippen molar-refractivity contribution in [3.05, 3.63) is 24.3 Å². The van der Waals surface area contributed by atoms with Crippen molar-refractivity contribution in [2.75, 3.05) is 13.2 Å². The van der Waals surface area contributed by atoms with Crippen molar-refractivity contribution in [2.45, 2.75) is 399 Å². The molecule has 6 heteroatoms. The SMILES string of the molecule is CCCCCC/C=C\C/C=C\CCCCCCCCCC(=O)OC(COC(=O)CCCCCCCCCCCC)COC(=O)CCCCCCCCCCCCCCCCCCCCCCCCCCCCCCCCC. The summed E-state index contributed by atoms with van der Waals surface area (Å²) in [6.45, 7) is 6.67. The largest absolute Gasteiger partial charge is 0.462 e. The molecule has 0 aliphatic rings. The number of carbonyl (C=O) groups is 3. The van der Waals surface area contributed by atoms with Crippen LogP contribution in [0.2, 0.25) is 0 Å². The van der Waals surface area contributed by atoms with Gasteiger partial charge in [-0.3, -0.25) is 14.4 Å². The van der Waals surface area contributed by atoms with Crippen LogP contribution in [0.25, 0.3) is 0 Å². The minimum absolute atomic E-state index is 0.0687. The molecule has 0 spiro atoms. The van der Waals surface area contributed by atoms with E-state index in [1.165, 1.54) is 283 Å². The van der Waals surface area contributed by atoms with Crippen LogP contribution >= 0.6 is 0 Å². The van der Waals surface area contributed by atoms with Gasteiger partial charge in [-0.1, -0.05) is 347 Å². The van der Waals surface area contributed by atoms with Crippen molar-refractivity contribution < 1.29 is 28.6 Å². The van der Waals surface area contributed by atoms with Crippen molar-refractivity contribution in [1.82, 2.24) is 0 Å². The molecule has 0 N–H and O–H groups in total. The van der Waals surface area contributed by atoms with Crippen LogP contribution in [0.3, 0.4) is 0 Å². The zero-order valence-corrected chi connectivity index (χ0v) is 52.3. The summed E-state index contributed by atoms with van der Waals surface area (Å²) < 4.78 is 16.9. The second-order valence-electron chi connectivity index (χ2n) is 23.8. The van der Waals surface area contributed by atoms with Gasteiger partial charge < -0.3 is 14.2 Å². The molecule has 0 bridgehead atoms. The molecule has 0 aliphatic heterocycles. The molecule has 6 nitrogen and oxygen atoms in total. The lowest BCUT2D eigenvalue weighted by Crippen LogP contribution is -2.30. The average Bonchev–Trinajstić information content (AvgIpc) is 3.43. The van der Waals surface area contributed by atoms with Gasteiger partial charge in [-0.15, -0.1) is 0 Å². The Kier molecular flexibility index (Phi) is 64.6. The third-order valence-corrected chi connectivity index (χ3v) is 16.0. The molecule has 0 radical (unpaired) electrons. The highest BCUT2D eigenvalue weighted by atomic mass is 16.6. The van der Waals surface area contributed by atoms with E-state index in [0.717, 1.165) is 70.6 Å². The quantitative estimate of drug-likeness (QED) is 0.0261. The van der Waals surface area contributed by atoms with E-state index >= 15 is 0 Å². The smallest absolute Gasteiger partial charge is 0.306 e. The lowest BCUT2D eigenvalue weighted by atomic mass is 10.0. The molecule has 0 aromatic carbocycles. The monoisotopic (exact) mass is 1080 g/mol. The van der Waals surface area contributed by atoms with Crippen LogP contribution in [0.15, 0.2) is 24.3 Å². The maximum Gasteiger partial charge on any atom is 0.306 e. The molecule has 0 fully saturated rings. The standard InChI is InChI=1S/C71H134O6/c1-4-7-10-13-16-19-22-24-26-28-30-31-32-33-34-35-36-37-38-39-40-41-42-44-45-47-49-52-55-58-61-64-70(73)76-67-68(66-75-69(72)63-60-57-54-51-21-18-15-12-9-6-3)77-71(74)65-62-59-56-53-50-48-46-43-29-27-25-23-20-17-14-11-8-5-2/h20,23,27,29,68H,4-19,21-22,24-26,28,30-67H2,1-3H3/b23-20-,29-27-. The van der Waals surface area contributed by atoms with Gasteiger partial charge in [-0.2, -0.15) is 0 Å². The van der Waals surface area contributed by atoms with Crippen molar-refractivity contribution in [2.24, 2.45) is 0 Å². The van der Waals surface area contributed by atoms with E-state index in [9.17, 15) is 14.4 Å². The molecular formula is C71H134O6. The maximum absolute atomic E-state index is 12.9. The first kappa shape index (κ1) is 74.9. The van der Waals surface area contributed by atoms with E-state index in [2.05, 4.69) is 45.1 Å². The van der Waals surface area contributed by atoms with Gasteiger partial charge in [0.25, 0.3) is 0 Å². The van der Waals surface area contributed by atoms with Gasteiger partial charge in [0, 0.05) is 19.3 Å². The lowest BCUT2D eigenvalue weighted by molar-refractivity contribution is -0.167. The highest BCUT2D eigenvalue weighted by Gasteiger charge is 2.19. The van der Waals surface area contributed by atoms with Gasteiger partial charge in [-0.25, -0.2) is 0 Å². The molecule has 0 aromatic heterocycles. The van der Waals surface area contributed by atoms with Crippen molar-refractivity contribution in [3.63, 3.8) is 0 Å². The molecule has 0 rings (SSSR count). The zero-order chi connectivity index (χ0) is 55.7. The summed E-state index contributed by atoms with van der Waals surface area (Å²) in [5.41, 5.74) is 0. The Hall–Kier alpha value is -2.11. The molecular weight excluding hydrogens is 949 g/mol. The molecule has 77 heavy (non-hydrogen) atoms. The first-order valence-corrected chi connectivity index (χ1v) is 34.8. The molecule has 0 aromatic rings. The van der Waals surface area contributed by atoms with Crippen molar-refractivity contribution in [3.8, 4) is 0 Å². The Balaban J connectivity index is 4.07. The third kappa shape index (κ3) is 64.6. The predicted octanol–water partition coefficient (Wildman–Crippen LogP) is 23.8. The van der Waals surface area contributed by atoms with Gasteiger partial charge >= 0.3 is 17.9 Å². The number of allylic oxidation sites excluding steroid dienone is 4. The molecule has 0 saturated carbocycles. The Morgan fingerprint density at radius 2 is 0.468 bits per heavy atom. The summed E-state index contributed by atoms with van der Waals surface area (Å²) in [7, 11) is 0. The van der Waals surface area contributed by atoms with Gasteiger partial charge in [0.15, 0.2) is 6.10 Å². The van der Waals surface area contributed by atoms with Gasteiger partial charge in [-0.05, 0) is 51.4 Å². The fourth-order valence-electron chi connectivity index (χ4n) is 10.7. The molecule has 1 unspecified atom stereocenters. The molecule has 0 amide bonds. The number of carbonyl (C=O) groups excluding carboxylic acids is 3. The van der Waals surface area contributed by atoms with Crippen LogP contribution in [0.5, 0.6) is 0 Å². The van der Waals surface area contributed by atoms with Crippen LogP contribution in [-0.4, -0.2) is 37.2 Å². The van der Waals surface area contributed by atoms with Crippen LogP contribution in [0.4, 0.5) is 0 Å². The van der Waals surface area contributed by atoms with E-state index in [1.807, 2.05) is 0 Å². The fraction of sp³-hybridized carbons (Fsp3) is 0.901. The minimum atomic E-state index is -0.771. The van der Waals surface area contributed by atoms with Crippen molar-refractivity contribution >= 4 is 17.9 Å². The summed E-state index contributed by atoms with van der Waals surface area (Å²) in [4.78, 5) is 38.3. The highest BCUT2D eigenvalue weighted by molar-refractivity contribution is 5.71. The normalized spacial score (nSPS) is 12.1. The molecule has 0 saturated heterocycles. The number of hydrogen-bond donors (Lipinski definition) is 0. The number of ether oxygens (including phenoxy) is 3. The first-order chi connectivity index (χ1) is 38.0. The molecule has 1 atom stereocenters. The summed E-state index contributed by atoms with van der Waals surface area (Å²) in [6.07, 6.45) is 80.8. The second kappa shape index (κ2) is 66.4. The van der Waals surface area contributed by atoms with E-state index in [1.54, 1.807) is 0 Å². The topological polar surface area (TPSA) is 78.9 Å². The van der Waals surface area contributed by atoms with Crippen LogP contribution < -0.4 is 0 Å². The van der Waals surface area contributed by atoms with Gasteiger partial charge in [0.05, 0.1) is 0 Å². The van der Waals surface area contributed by atoms with Gasteiger partial charge in [0.1, 0.15) is 13.2 Å². The first-order valence-electron chi connectivity index (χ1n) is 34.8. The Morgan fingerprint density at radius 3 is 0.727 bits per heavy atom.